The number of benzene rings is 2. The number of rotatable bonds is 7. The van der Waals surface area contributed by atoms with Crippen LogP contribution in [-0.2, 0) is 14.3 Å². The normalized spacial score (nSPS) is 13.8. The van der Waals surface area contributed by atoms with Gasteiger partial charge in [-0.05, 0) is 31.0 Å². The number of methoxy groups -OCH3 is 1. The zero-order valence-corrected chi connectivity index (χ0v) is 17.7. The molecule has 0 radical (unpaired) electrons. The van der Waals surface area contributed by atoms with Crippen molar-refractivity contribution in [3.63, 3.8) is 0 Å². The number of hydrogen-bond donors (Lipinski definition) is 0. The van der Waals surface area contributed by atoms with Gasteiger partial charge in [-0.15, -0.1) is 0 Å². The van der Waals surface area contributed by atoms with Gasteiger partial charge in [-0.25, -0.2) is 9.59 Å². The maximum atomic E-state index is 13.0. The topological polar surface area (TPSA) is 116 Å². The van der Waals surface area contributed by atoms with E-state index in [0.29, 0.717) is 0 Å². The second-order valence-corrected chi connectivity index (χ2v) is 7.48. The summed E-state index contributed by atoms with van der Waals surface area (Å²) in [6, 6.07) is 12.3. The van der Waals surface area contributed by atoms with Gasteiger partial charge in [0.25, 0.3) is 11.6 Å². The van der Waals surface area contributed by atoms with Gasteiger partial charge in [0.1, 0.15) is 0 Å². The first kappa shape index (κ1) is 22.9. The van der Waals surface area contributed by atoms with Crippen molar-refractivity contribution < 1.29 is 28.8 Å². The second kappa shape index (κ2) is 10.5. The molecular formula is C23H24N2O7. The number of amides is 1. The van der Waals surface area contributed by atoms with Crippen LogP contribution in [0.4, 0.5) is 11.4 Å². The first-order valence-electron chi connectivity index (χ1n) is 10.3. The predicted molar refractivity (Wildman–Crippen MR) is 116 cm³/mol. The molecule has 1 amide bonds. The monoisotopic (exact) mass is 440 g/mol. The molecule has 1 saturated carbocycles. The van der Waals surface area contributed by atoms with Crippen LogP contribution in [0.15, 0.2) is 48.5 Å². The molecule has 2 aromatic carbocycles. The Morgan fingerprint density at radius 2 is 1.62 bits per heavy atom. The number of hydrogen-bond acceptors (Lipinski definition) is 7. The van der Waals surface area contributed by atoms with E-state index in [9.17, 15) is 24.5 Å². The highest BCUT2D eigenvalue weighted by molar-refractivity contribution is 5.99. The van der Waals surface area contributed by atoms with Crippen LogP contribution in [0.1, 0.15) is 52.8 Å². The van der Waals surface area contributed by atoms with Crippen LogP contribution in [0.2, 0.25) is 0 Å². The minimum Gasteiger partial charge on any atom is -0.465 e. The zero-order chi connectivity index (χ0) is 23.1. The lowest BCUT2D eigenvalue weighted by Gasteiger charge is -2.34. The van der Waals surface area contributed by atoms with Crippen LogP contribution >= 0.6 is 0 Å². The Hall–Kier alpha value is -3.75. The van der Waals surface area contributed by atoms with Crippen LogP contribution in [0.3, 0.4) is 0 Å². The Bertz CT molecular complexity index is 1000. The van der Waals surface area contributed by atoms with Crippen molar-refractivity contribution in [1.82, 2.24) is 0 Å². The van der Waals surface area contributed by atoms with Crippen LogP contribution in [0, 0.1) is 10.1 Å². The summed E-state index contributed by atoms with van der Waals surface area (Å²) in [4.78, 5) is 49.5. The van der Waals surface area contributed by atoms with Crippen molar-refractivity contribution >= 4 is 29.2 Å². The highest BCUT2D eigenvalue weighted by Crippen LogP contribution is 2.27. The molecule has 1 fully saturated rings. The smallest absolute Gasteiger partial charge is 0.338 e. The lowest BCUT2D eigenvalue weighted by Crippen LogP contribution is -2.43. The summed E-state index contributed by atoms with van der Waals surface area (Å²) < 4.78 is 9.76. The van der Waals surface area contributed by atoms with Gasteiger partial charge >= 0.3 is 11.9 Å². The number of para-hydroxylation sites is 1. The van der Waals surface area contributed by atoms with Gasteiger partial charge in [0, 0.05) is 23.9 Å². The van der Waals surface area contributed by atoms with E-state index in [0.717, 1.165) is 63.1 Å². The van der Waals surface area contributed by atoms with E-state index in [-0.39, 0.29) is 23.1 Å². The number of nitro groups is 1. The Balaban J connectivity index is 1.77. The maximum absolute atomic E-state index is 13.0. The van der Waals surface area contributed by atoms with Gasteiger partial charge in [-0.2, -0.15) is 0 Å². The number of carbonyl (C=O) groups is 3. The predicted octanol–water partition coefficient (Wildman–Crippen LogP) is 3.90. The average molecular weight is 440 g/mol. The Labute approximate surface area is 185 Å². The third-order valence-corrected chi connectivity index (χ3v) is 5.36. The minimum absolute atomic E-state index is 0.0149. The molecule has 0 aromatic heterocycles. The number of ether oxygens (including phenoxy) is 2. The molecule has 2 aromatic rings. The van der Waals surface area contributed by atoms with Crippen LogP contribution in [0.25, 0.3) is 0 Å². The third kappa shape index (κ3) is 5.48. The summed E-state index contributed by atoms with van der Waals surface area (Å²) in [5.41, 5.74) is -0.104. The van der Waals surface area contributed by atoms with Crippen molar-refractivity contribution in [2.75, 3.05) is 18.6 Å². The largest absolute Gasteiger partial charge is 0.465 e. The molecule has 1 aliphatic rings. The van der Waals surface area contributed by atoms with Crippen molar-refractivity contribution in [2.45, 2.75) is 38.1 Å². The number of carbonyl (C=O) groups excluding carboxylic acids is 3. The second-order valence-electron chi connectivity index (χ2n) is 7.48. The molecule has 0 N–H and O–H groups in total. The lowest BCUT2D eigenvalue weighted by atomic mass is 9.93. The summed E-state index contributed by atoms with van der Waals surface area (Å²) in [7, 11) is 1.13. The van der Waals surface area contributed by atoms with E-state index >= 15 is 0 Å². The van der Waals surface area contributed by atoms with E-state index in [2.05, 4.69) is 4.74 Å². The summed E-state index contributed by atoms with van der Waals surface area (Å²) in [5.74, 6) is -2.15. The SMILES string of the molecule is COC(=O)c1cc(C(=O)OCC(=O)N(c2ccccc2)C2CCCCC2)cc([N+](=O)[O-])c1. The van der Waals surface area contributed by atoms with Crippen molar-refractivity contribution in [2.24, 2.45) is 0 Å². The Morgan fingerprint density at radius 3 is 2.22 bits per heavy atom. The molecule has 168 valence electrons. The molecule has 0 heterocycles. The molecular weight excluding hydrogens is 416 g/mol. The lowest BCUT2D eigenvalue weighted by molar-refractivity contribution is -0.384. The van der Waals surface area contributed by atoms with Crippen LogP contribution in [0.5, 0.6) is 0 Å². The van der Waals surface area contributed by atoms with Gasteiger partial charge in [0.15, 0.2) is 6.61 Å². The van der Waals surface area contributed by atoms with Gasteiger partial charge in [-0.3, -0.25) is 14.9 Å². The quantitative estimate of drug-likeness (QED) is 0.364. The summed E-state index contributed by atoms with van der Waals surface area (Å²) in [5, 5.41) is 11.2. The molecule has 9 heteroatoms. The van der Waals surface area contributed by atoms with Crippen molar-refractivity contribution in [3.05, 3.63) is 69.8 Å². The minimum atomic E-state index is -0.941. The fourth-order valence-electron chi connectivity index (χ4n) is 3.84. The highest BCUT2D eigenvalue weighted by Gasteiger charge is 2.28. The number of nitro benzene ring substituents is 1. The van der Waals surface area contributed by atoms with Gasteiger partial charge in [-0.1, -0.05) is 37.5 Å². The van der Waals surface area contributed by atoms with E-state index in [4.69, 9.17) is 4.74 Å². The Kier molecular flexibility index (Phi) is 7.54. The number of esters is 2. The third-order valence-electron chi connectivity index (χ3n) is 5.36. The molecule has 0 spiro atoms. The summed E-state index contributed by atoms with van der Waals surface area (Å²) in [6.45, 7) is -0.527. The molecule has 1 aliphatic carbocycles. The molecule has 0 unspecified atom stereocenters. The van der Waals surface area contributed by atoms with Crippen molar-refractivity contribution in [1.29, 1.82) is 0 Å². The highest BCUT2D eigenvalue weighted by atomic mass is 16.6. The number of nitrogens with zero attached hydrogens (tertiary/aromatic N) is 2. The molecule has 3 rings (SSSR count). The number of non-ortho nitro benzene ring substituents is 1. The van der Waals surface area contributed by atoms with Gasteiger partial charge in [0.2, 0.25) is 0 Å². The van der Waals surface area contributed by atoms with E-state index in [1.165, 1.54) is 0 Å². The first-order chi connectivity index (χ1) is 15.4. The fourth-order valence-corrected chi connectivity index (χ4v) is 3.84. The molecule has 0 aliphatic heterocycles. The first-order valence-corrected chi connectivity index (χ1v) is 10.3. The number of anilines is 1. The van der Waals surface area contributed by atoms with E-state index in [1.807, 2.05) is 30.3 Å². The fraction of sp³-hybridized carbons (Fsp3) is 0.348. The standard InChI is InChI=1S/C23H24N2O7/c1-31-22(27)16-12-17(14-20(13-16)25(29)30)23(28)32-15-21(26)24(18-8-4-2-5-9-18)19-10-6-3-7-11-19/h2,4-5,8-9,12-14,19H,3,6-7,10-11,15H2,1H3. The van der Waals surface area contributed by atoms with Gasteiger partial charge < -0.3 is 14.4 Å². The Morgan fingerprint density at radius 1 is 1.00 bits per heavy atom. The van der Waals surface area contributed by atoms with Gasteiger partial charge in [0.05, 0.1) is 23.2 Å². The molecule has 0 atom stereocenters. The molecule has 0 bridgehead atoms. The molecule has 9 nitrogen and oxygen atoms in total. The molecule has 32 heavy (non-hydrogen) atoms. The van der Waals surface area contributed by atoms with E-state index < -0.39 is 29.2 Å². The average Bonchev–Trinajstić information content (AvgIpc) is 2.83. The molecule has 0 saturated heterocycles. The van der Waals surface area contributed by atoms with Crippen LogP contribution in [-0.4, -0.2) is 42.5 Å². The summed E-state index contributed by atoms with van der Waals surface area (Å²) >= 11 is 0. The summed E-state index contributed by atoms with van der Waals surface area (Å²) in [6.07, 6.45) is 4.89. The van der Waals surface area contributed by atoms with Crippen molar-refractivity contribution in [3.8, 4) is 0 Å². The van der Waals surface area contributed by atoms with Crippen LogP contribution < -0.4 is 4.90 Å². The zero-order valence-electron chi connectivity index (χ0n) is 17.7. The maximum Gasteiger partial charge on any atom is 0.338 e. The van der Waals surface area contributed by atoms with E-state index in [1.54, 1.807) is 4.90 Å².